The van der Waals surface area contributed by atoms with Gasteiger partial charge >= 0.3 is 0 Å². The highest BCUT2D eigenvalue weighted by Crippen LogP contribution is 2.07. The van der Waals surface area contributed by atoms with Crippen molar-refractivity contribution in [2.45, 2.75) is 0 Å². The van der Waals surface area contributed by atoms with Crippen molar-refractivity contribution < 1.29 is 0 Å². The lowest BCUT2D eigenvalue weighted by atomic mass is 10.1. The zero-order valence-corrected chi connectivity index (χ0v) is 9.80. The van der Waals surface area contributed by atoms with Gasteiger partial charge in [-0.15, -0.1) is 0 Å². The van der Waals surface area contributed by atoms with Crippen molar-refractivity contribution in [3.63, 3.8) is 0 Å². The number of nitrogens with one attached hydrogen (secondary N) is 1. The van der Waals surface area contributed by atoms with Gasteiger partial charge in [-0.05, 0) is 23.8 Å². The summed E-state index contributed by atoms with van der Waals surface area (Å²) < 4.78 is 0. The SMILES string of the molecule is N#Cc1cccc(C(=N)/C=C/c2ccccc2)c1. The van der Waals surface area contributed by atoms with E-state index < -0.39 is 0 Å². The van der Waals surface area contributed by atoms with Crippen molar-refractivity contribution in [2.75, 3.05) is 0 Å². The Bertz CT molecular complexity index is 619. The Morgan fingerprint density at radius 2 is 1.83 bits per heavy atom. The van der Waals surface area contributed by atoms with E-state index in [9.17, 15) is 0 Å². The normalized spacial score (nSPS) is 10.2. The lowest BCUT2D eigenvalue weighted by molar-refractivity contribution is 1.46. The van der Waals surface area contributed by atoms with Gasteiger partial charge in [0.2, 0.25) is 0 Å². The van der Waals surface area contributed by atoms with Gasteiger partial charge in [0.1, 0.15) is 0 Å². The maximum atomic E-state index is 8.81. The molecule has 86 valence electrons. The Morgan fingerprint density at radius 3 is 2.56 bits per heavy atom. The summed E-state index contributed by atoms with van der Waals surface area (Å²) in [5.41, 5.74) is 2.78. The summed E-state index contributed by atoms with van der Waals surface area (Å²) >= 11 is 0. The van der Waals surface area contributed by atoms with Gasteiger partial charge in [-0.1, -0.05) is 48.5 Å². The van der Waals surface area contributed by atoms with E-state index in [0.29, 0.717) is 11.3 Å². The molecule has 0 unspecified atom stereocenters. The van der Waals surface area contributed by atoms with Crippen molar-refractivity contribution in [1.82, 2.24) is 0 Å². The summed E-state index contributed by atoms with van der Waals surface area (Å²) in [5.74, 6) is 0. The van der Waals surface area contributed by atoms with Gasteiger partial charge in [-0.25, -0.2) is 0 Å². The number of nitrogens with zero attached hydrogens (tertiary/aromatic N) is 1. The largest absolute Gasteiger partial charge is 0.300 e. The Morgan fingerprint density at radius 1 is 1.06 bits per heavy atom. The molecule has 0 heterocycles. The van der Waals surface area contributed by atoms with E-state index in [4.69, 9.17) is 10.7 Å². The molecule has 2 aromatic rings. The third-order valence-electron chi connectivity index (χ3n) is 2.54. The second kappa shape index (κ2) is 5.60. The minimum atomic E-state index is 0.399. The standard InChI is InChI=1S/C16H12N2/c17-12-14-7-4-8-15(11-14)16(18)10-9-13-5-2-1-3-6-13/h1-11,18H/b10-9+,18-16?. The fraction of sp³-hybridized carbons (Fsp3) is 0. The van der Waals surface area contributed by atoms with E-state index in [-0.39, 0.29) is 0 Å². The molecule has 0 aliphatic heterocycles. The van der Waals surface area contributed by atoms with Crippen LogP contribution in [0, 0.1) is 16.7 Å². The number of hydrogen-bond donors (Lipinski definition) is 1. The van der Waals surface area contributed by atoms with Crippen LogP contribution in [0.5, 0.6) is 0 Å². The zero-order chi connectivity index (χ0) is 12.8. The number of rotatable bonds is 3. The van der Waals surface area contributed by atoms with E-state index in [1.807, 2.05) is 42.5 Å². The third kappa shape index (κ3) is 2.93. The van der Waals surface area contributed by atoms with Crippen LogP contribution in [0.25, 0.3) is 6.08 Å². The topological polar surface area (TPSA) is 47.6 Å². The van der Waals surface area contributed by atoms with E-state index in [1.54, 1.807) is 24.3 Å². The van der Waals surface area contributed by atoms with E-state index >= 15 is 0 Å². The summed E-state index contributed by atoms with van der Waals surface area (Å²) in [7, 11) is 0. The van der Waals surface area contributed by atoms with Crippen molar-refractivity contribution in [1.29, 1.82) is 10.7 Å². The van der Waals surface area contributed by atoms with Crippen LogP contribution in [-0.2, 0) is 0 Å². The Kier molecular flexibility index (Phi) is 3.68. The first-order valence-corrected chi connectivity index (χ1v) is 5.62. The van der Waals surface area contributed by atoms with Crippen LogP contribution in [0.15, 0.2) is 60.7 Å². The molecule has 2 rings (SSSR count). The lowest BCUT2D eigenvalue weighted by Gasteiger charge is -1.99. The molecule has 0 bridgehead atoms. The molecular weight excluding hydrogens is 220 g/mol. The number of allylic oxidation sites excluding steroid dienone is 1. The summed E-state index contributed by atoms with van der Waals surface area (Å²) in [6.07, 6.45) is 3.63. The first-order valence-electron chi connectivity index (χ1n) is 5.62. The summed E-state index contributed by atoms with van der Waals surface area (Å²) in [5, 5.41) is 16.8. The zero-order valence-electron chi connectivity index (χ0n) is 9.80. The summed E-state index contributed by atoms with van der Waals surface area (Å²) in [6.45, 7) is 0. The molecule has 0 spiro atoms. The fourth-order valence-corrected chi connectivity index (χ4v) is 1.60. The smallest absolute Gasteiger partial charge is 0.0991 e. The molecule has 2 nitrogen and oxygen atoms in total. The van der Waals surface area contributed by atoms with Gasteiger partial charge in [-0.2, -0.15) is 5.26 Å². The first-order chi connectivity index (χ1) is 8.79. The predicted octanol–water partition coefficient (Wildman–Crippen LogP) is 3.64. The van der Waals surface area contributed by atoms with Crippen LogP contribution in [0.2, 0.25) is 0 Å². The predicted molar refractivity (Wildman–Crippen MR) is 73.5 cm³/mol. The van der Waals surface area contributed by atoms with Crippen LogP contribution < -0.4 is 0 Å². The molecule has 0 saturated heterocycles. The van der Waals surface area contributed by atoms with Crippen molar-refractivity contribution in [3.05, 3.63) is 77.4 Å². The highest BCUT2D eigenvalue weighted by atomic mass is 14.4. The fourth-order valence-electron chi connectivity index (χ4n) is 1.60. The Balaban J connectivity index is 2.18. The van der Waals surface area contributed by atoms with E-state index in [1.165, 1.54) is 0 Å². The molecule has 1 N–H and O–H groups in total. The second-order valence-corrected chi connectivity index (χ2v) is 3.85. The average molecular weight is 232 g/mol. The maximum absolute atomic E-state index is 8.81. The number of hydrogen-bond acceptors (Lipinski definition) is 2. The summed E-state index contributed by atoms with van der Waals surface area (Å²) in [6, 6.07) is 19.0. The molecule has 0 radical (unpaired) electrons. The van der Waals surface area contributed by atoms with Gasteiger partial charge in [0.15, 0.2) is 0 Å². The number of benzene rings is 2. The molecular formula is C16H12N2. The highest BCUT2D eigenvalue weighted by molar-refractivity contribution is 6.08. The summed E-state index contributed by atoms with van der Waals surface area (Å²) in [4.78, 5) is 0. The van der Waals surface area contributed by atoms with Crippen LogP contribution in [0.1, 0.15) is 16.7 Å². The van der Waals surface area contributed by atoms with Crippen molar-refractivity contribution in [2.24, 2.45) is 0 Å². The van der Waals surface area contributed by atoms with Gasteiger partial charge in [0, 0.05) is 5.56 Å². The molecule has 2 heteroatoms. The molecule has 0 saturated carbocycles. The van der Waals surface area contributed by atoms with Gasteiger partial charge in [0.25, 0.3) is 0 Å². The molecule has 0 fully saturated rings. The van der Waals surface area contributed by atoms with Gasteiger partial charge in [0.05, 0.1) is 17.3 Å². The van der Waals surface area contributed by atoms with Gasteiger partial charge < -0.3 is 5.41 Å². The molecule has 0 aromatic heterocycles. The van der Waals surface area contributed by atoms with E-state index in [2.05, 4.69) is 6.07 Å². The maximum Gasteiger partial charge on any atom is 0.0991 e. The van der Waals surface area contributed by atoms with Crippen molar-refractivity contribution >= 4 is 11.8 Å². The molecule has 18 heavy (non-hydrogen) atoms. The molecule has 0 aliphatic rings. The monoisotopic (exact) mass is 232 g/mol. The van der Waals surface area contributed by atoms with Crippen LogP contribution >= 0.6 is 0 Å². The highest BCUT2D eigenvalue weighted by Gasteiger charge is 1.98. The number of nitriles is 1. The third-order valence-corrected chi connectivity index (χ3v) is 2.54. The minimum Gasteiger partial charge on any atom is -0.300 e. The minimum absolute atomic E-state index is 0.399. The molecule has 2 aromatic carbocycles. The lowest BCUT2D eigenvalue weighted by Crippen LogP contribution is -1.94. The molecule has 0 atom stereocenters. The van der Waals surface area contributed by atoms with Crippen LogP contribution in [0.4, 0.5) is 0 Å². The second-order valence-electron chi connectivity index (χ2n) is 3.85. The molecule has 0 amide bonds. The Labute approximate surface area is 106 Å². The quantitative estimate of drug-likeness (QED) is 0.807. The van der Waals surface area contributed by atoms with E-state index in [0.717, 1.165) is 11.1 Å². The van der Waals surface area contributed by atoms with Gasteiger partial charge in [-0.3, -0.25) is 0 Å². The van der Waals surface area contributed by atoms with Crippen molar-refractivity contribution in [3.8, 4) is 6.07 Å². The average Bonchev–Trinajstić information content (AvgIpc) is 2.46. The molecule has 0 aliphatic carbocycles. The van der Waals surface area contributed by atoms with Crippen LogP contribution in [0.3, 0.4) is 0 Å². The van der Waals surface area contributed by atoms with Crippen LogP contribution in [-0.4, -0.2) is 5.71 Å². The Hall–Kier alpha value is -2.66. The first kappa shape index (κ1) is 11.8.